The number of aryl methyl sites for hydroxylation is 2. The van der Waals surface area contributed by atoms with Crippen molar-refractivity contribution in [1.29, 1.82) is 0 Å². The number of likely N-dealkylation sites (tertiary alicyclic amines) is 1. The lowest BCUT2D eigenvalue weighted by Gasteiger charge is -2.22. The Morgan fingerprint density at radius 3 is 2.59 bits per heavy atom. The minimum atomic E-state index is 0.449. The van der Waals surface area contributed by atoms with E-state index in [-0.39, 0.29) is 0 Å². The van der Waals surface area contributed by atoms with Gasteiger partial charge in [-0.05, 0) is 43.1 Å². The summed E-state index contributed by atoms with van der Waals surface area (Å²) in [5.74, 6) is 3.06. The summed E-state index contributed by atoms with van der Waals surface area (Å²) in [6, 6.07) is 4.52. The number of nitrogens with zero attached hydrogens (tertiary/aromatic N) is 6. The molecule has 0 saturated carbocycles. The Bertz CT molecular complexity index is 775. The summed E-state index contributed by atoms with van der Waals surface area (Å²) in [6.07, 6.45) is 5.52. The van der Waals surface area contributed by atoms with Crippen LogP contribution in [0.2, 0.25) is 0 Å². The van der Waals surface area contributed by atoms with Gasteiger partial charge in [0, 0.05) is 56.7 Å². The number of aromatic nitrogens is 4. The average molecular weight is 367 g/mol. The van der Waals surface area contributed by atoms with Crippen molar-refractivity contribution in [1.82, 2.24) is 24.6 Å². The number of rotatable bonds is 4. The van der Waals surface area contributed by atoms with E-state index >= 15 is 0 Å². The van der Waals surface area contributed by atoms with Crippen molar-refractivity contribution in [3.8, 4) is 0 Å². The van der Waals surface area contributed by atoms with E-state index in [9.17, 15) is 0 Å². The van der Waals surface area contributed by atoms with Crippen molar-refractivity contribution in [2.45, 2.75) is 52.1 Å². The molecular formula is C21H30N6. The van der Waals surface area contributed by atoms with Gasteiger partial charge in [0.2, 0.25) is 0 Å². The fraction of sp³-hybridized carbons (Fsp3) is 0.667. The van der Waals surface area contributed by atoms with Crippen LogP contribution in [-0.4, -0.2) is 50.8 Å². The second-order valence-corrected chi connectivity index (χ2v) is 8.88. The van der Waals surface area contributed by atoms with Gasteiger partial charge in [0.25, 0.3) is 0 Å². The fourth-order valence-electron chi connectivity index (χ4n) is 5.04. The van der Waals surface area contributed by atoms with E-state index in [1.54, 1.807) is 6.33 Å². The summed E-state index contributed by atoms with van der Waals surface area (Å²) in [5.41, 5.74) is 3.84. The van der Waals surface area contributed by atoms with Gasteiger partial charge in [0.15, 0.2) is 0 Å². The second kappa shape index (κ2) is 6.89. The van der Waals surface area contributed by atoms with Gasteiger partial charge in [-0.1, -0.05) is 13.8 Å². The lowest BCUT2D eigenvalue weighted by Crippen LogP contribution is -2.29. The molecule has 0 radical (unpaired) electrons. The highest BCUT2D eigenvalue weighted by atomic mass is 15.3. The van der Waals surface area contributed by atoms with Crippen LogP contribution in [0, 0.1) is 11.8 Å². The smallest absolute Gasteiger partial charge is 0.132 e. The summed E-state index contributed by atoms with van der Waals surface area (Å²) in [4.78, 5) is 14.0. The molecule has 0 N–H and O–H groups in total. The van der Waals surface area contributed by atoms with Crippen molar-refractivity contribution in [2.24, 2.45) is 11.8 Å². The van der Waals surface area contributed by atoms with Gasteiger partial charge in [-0.2, -0.15) is 5.10 Å². The van der Waals surface area contributed by atoms with Crippen LogP contribution in [0.25, 0.3) is 0 Å². The molecule has 2 aromatic rings. The summed E-state index contributed by atoms with van der Waals surface area (Å²) in [5, 5.41) is 4.84. The Labute approximate surface area is 161 Å². The third-order valence-electron chi connectivity index (χ3n) is 6.50. The molecule has 5 heterocycles. The van der Waals surface area contributed by atoms with E-state index in [4.69, 9.17) is 5.10 Å². The zero-order valence-corrected chi connectivity index (χ0v) is 16.5. The van der Waals surface area contributed by atoms with E-state index in [2.05, 4.69) is 50.4 Å². The van der Waals surface area contributed by atoms with E-state index in [1.807, 2.05) is 0 Å². The molecular weight excluding hydrogens is 336 g/mol. The lowest BCUT2D eigenvalue weighted by molar-refractivity contribution is 0.303. The SMILES string of the molecule is CC(C)c1cc(N2CC3CN(Cc4cc5n(n4)CCCC5)CC3C2)ncn1. The summed E-state index contributed by atoms with van der Waals surface area (Å²) in [7, 11) is 0. The second-order valence-electron chi connectivity index (χ2n) is 8.88. The zero-order valence-electron chi connectivity index (χ0n) is 16.5. The molecule has 2 aromatic heterocycles. The number of fused-ring (bicyclic) bond motifs is 2. The monoisotopic (exact) mass is 366 g/mol. The number of anilines is 1. The maximum absolute atomic E-state index is 4.84. The minimum absolute atomic E-state index is 0.449. The Kier molecular flexibility index (Phi) is 4.38. The van der Waals surface area contributed by atoms with Crippen molar-refractivity contribution in [3.63, 3.8) is 0 Å². The molecule has 0 spiro atoms. The fourth-order valence-corrected chi connectivity index (χ4v) is 5.04. The average Bonchev–Trinajstić information content (AvgIpc) is 3.34. The zero-order chi connectivity index (χ0) is 18.4. The molecule has 3 aliphatic heterocycles. The summed E-state index contributed by atoms with van der Waals surface area (Å²) >= 11 is 0. The summed E-state index contributed by atoms with van der Waals surface area (Å²) < 4.78 is 2.24. The quantitative estimate of drug-likeness (QED) is 0.833. The molecule has 0 amide bonds. The first-order chi connectivity index (χ1) is 13.2. The van der Waals surface area contributed by atoms with Gasteiger partial charge in [-0.3, -0.25) is 9.58 Å². The van der Waals surface area contributed by atoms with Crippen LogP contribution in [0.1, 0.15) is 49.7 Å². The van der Waals surface area contributed by atoms with Crippen LogP contribution in [0.3, 0.4) is 0 Å². The molecule has 3 aliphatic rings. The van der Waals surface area contributed by atoms with Crippen LogP contribution < -0.4 is 4.90 Å². The molecule has 2 atom stereocenters. The first kappa shape index (κ1) is 17.2. The predicted octanol–water partition coefficient (Wildman–Crippen LogP) is 2.70. The molecule has 2 fully saturated rings. The van der Waals surface area contributed by atoms with Crippen LogP contribution in [0.4, 0.5) is 5.82 Å². The van der Waals surface area contributed by atoms with Gasteiger partial charge in [0.05, 0.1) is 5.69 Å². The Morgan fingerprint density at radius 1 is 1.04 bits per heavy atom. The van der Waals surface area contributed by atoms with E-state index in [0.29, 0.717) is 5.92 Å². The molecule has 0 aromatic carbocycles. The molecule has 0 aliphatic carbocycles. The third-order valence-corrected chi connectivity index (χ3v) is 6.50. The highest BCUT2D eigenvalue weighted by molar-refractivity contribution is 5.41. The predicted molar refractivity (Wildman–Crippen MR) is 106 cm³/mol. The third kappa shape index (κ3) is 3.35. The standard InChI is InChI=1S/C21H30N6/c1-15(2)20-8-21(23-14-22-20)26-11-16-9-25(10-17(16)12-26)13-18-7-19-5-3-4-6-27(19)24-18/h7-8,14-17H,3-6,9-13H2,1-2H3. The van der Waals surface area contributed by atoms with Gasteiger partial charge >= 0.3 is 0 Å². The molecule has 0 bridgehead atoms. The minimum Gasteiger partial charge on any atom is -0.356 e. The van der Waals surface area contributed by atoms with E-state index in [0.717, 1.165) is 49.5 Å². The highest BCUT2D eigenvalue weighted by Gasteiger charge is 2.40. The van der Waals surface area contributed by atoms with Crippen LogP contribution in [-0.2, 0) is 19.5 Å². The normalized spacial score (nSPS) is 25.2. The molecule has 5 rings (SSSR count). The van der Waals surface area contributed by atoms with Gasteiger partial charge in [-0.25, -0.2) is 9.97 Å². The van der Waals surface area contributed by atoms with Crippen LogP contribution >= 0.6 is 0 Å². The van der Waals surface area contributed by atoms with Crippen molar-refractivity contribution in [2.75, 3.05) is 31.1 Å². The molecule has 27 heavy (non-hydrogen) atoms. The molecule has 6 heteroatoms. The van der Waals surface area contributed by atoms with Crippen molar-refractivity contribution >= 4 is 5.82 Å². The van der Waals surface area contributed by atoms with Crippen LogP contribution in [0.15, 0.2) is 18.5 Å². The Balaban J connectivity index is 1.21. The molecule has 6 nitrogen and oxygen atoms in total. The van der Waals surface area contributed by atoms with Gasteiger partial charge < -0.3 is 4.90 Å². The lowest BCUT2D eigenvalue weighted by atomic mass is 10.0. The van der Waals surface area contributed by atoms with Crippen molar-refractivity contribution in [3.05, 3.63) is 35.5 Å². The van der Waals surface area contributed by atoms with Crippen molar-refractivity contribution < 1.29 is 0 Å². The first-order valence-electron chi connectivity index (χ1n) is 10.5. The molecule has 2 saturated heterocycles. The van der Waals surface area contributed by atoms with E-state index < -0.39 is 0 Å². The van der Waals surface area contributed by atoms with Gasteiger partial charge in [0.1, 0.15) is 12.1 Å². The largest absolute Gasteiger partial charge is 0.356 e. The maximum Gasteiger partial charge on any atom is 0.132 e. The Morgan fingerprint density at radius 2 is 1.85 bits per heavy atom. The first-order valence-corrected chi connectivity index (χ1v) is 10.5. The van der Waals surface area contributed by atoms with Crippen LogP contribution in [0.5, 0.6) is 0 Å². The van der Waals surface area contributed by atoms with Gasteiger partial charge in [-0.15, -0.1) is 0 Å². The van der Waals surface area contributed by atoms with E-state index in [1.165, 1.54) is 43.7 Å². The number of hydrogen-bond donors (Lipinski definition) is 0. The maximum atomic E-state index is 4.84. The Hall–Kier alpha value is -1.95. The number of hydrogen-bond acceptors (Lipinski definition) is 5. The topological polar surface area (TPSA) is 50.1 Å². The molecule has 2 unspecified atom stereocenters. The molecule has 144 valence electrons. The summed E-state index contributed by atoms with van der Waals surface area (Å²) in [6.45, 7) is 11.1. The highest BCUT2D eigenvalue weighted by Crippen LogP contribution is 2.34.